The van der Waals surface area contributed by atoms with Crippen LogP contribution in [-0.2, 0) is 36.6 Å². The fourth-order valence-electron chi connectivity index (χ4n) is 7.95. The first-order valence-electron chi connectivity index (χ1n) is 23.0. The highest BCUT2D eigenvalue weighted by molar-refractivity contribution is 5.85. The molecule has 6 rings (SSSR count). The molecule has 8 nitrogen and oxygen atoms in total. The van der Waals surface area contributed by atoms with Gasteiger partial charge in [-0.2, -0.15) is 0 Å². The van der Waals surface area contributed by atoms with Crippen LogP contribution in [0.25, 0.3) is 11.1 Å². The molecule has 0 saturated heterocycles. The second-order valence-electron chi connectivity index (χ2n) is 17.1. The lowest BCUT2D eigenvalue weighted by atomic mass is 9.98. The molecule has 0 amide bonds. The van der Waals surface area contributed by atoms with E-state index in [4.69, 9.17) is 19.3 Å². The van der Waals surface area contributed by atoms with Crippen LogP contribution in [0.1, 0.15) is 77.6 Å². The second kappa shape index (κ2) is 23.2. The number of anilines is 6. The average molecular weight is 875 g/mol. The van der Waals surface area contributed by atoms with Crippen LogP contribution in [0.5, 0.6) is 0 Å². The van der Waals surface area contributed by atoms with Crippen LogP contribution in [0.15, 0.2) is 121 Å². The van der Waals surface area contributed by atoms with Gasteiger partial charge in [0.15, 0.2) is 5.78 Å². The summed E-state index contributed by atoms with van der Waals surface area (Å²) in [5.74, 6) is -0.183. The van der Waals surface area contributed by atoms with Crippen molar-refractivity contribution in [2.24, 2.45) is 0 Å². The fourth-order valence-corrected chi connectivity index (χ4v) is 7.95. The predicted molar refractivity (Wildman–Crippen MR) is 266 cm³/mol. The van der Waals surface area contributed by atoms with E-state index in [0.717, 1.165) is 73.9 Å². The Labute approximate surface area is 386 Å². The minimum atomic E-state index is -0.533. The van der Waals surface area contributed by atoms with E-state index in [9.17, 15) is 9.59 Å². The molecule has 0 fully saturated rings. The zero-order chi connectivity index (χ0) is 46.5. The topological polar surface area (TPSA) is 88.5 Å². The Morgan fingerprint density at radius 3 is 1.45 bits per heavy atom. The van der Waals surface area contributed by atoms with Crippen LogP contribution in [0.2, 0.25) is 0 Å². The van der Waals surface area contributed by atoms with Gasteiger partial charge in [-0.05, 0) is 196 Å². The molecule has 0 aromatic heterocycles. The van der Waals surface area contributed by atoms with Crippen LogP contribution in [0, 0.1) is 41.5 Å². The van der Waals surface area contributed by atoms with Crippen molar-refractivity contribution in [1.29, 1.82) is 0 Å². The number of carbonyl (C=O) groups is 2. The molecule has 0 spiro atoms. The van der Waals surface area contributed by atoms with Gasteiger partial charge in [-0.1, -0.05) is 55.5 Å². The van der Waals surface area contributed by atoms with E-state index in [1.54, 1.807) is 6.92 Å². The minimum Gasteiger partial charge on any atom is -0.463 e. The molecule has 0 radical (unpaired) electrons. The third-order valence-electron chi connectivity index (χ3n) is 12.1. The maximum Gasteiger partial charge on any atom is 0.306 e. The molecule has 0 saturated carbocycles. The standard InChI is InChI=1S/C57H66N2O6/c1-9-31-63-33-34-65-57(62)29-17-47-14-24-51(25-15-47)59(53-21-11-40(3)42(5)38-53)55-27-19-49(36-44(55)7)48-18-26-54(43(6)35-48)58(52-20-10-39(2)41(4)37-52)50-22-12-46(13-23-50)16-28-56(61)45(8)64-32-30-60/h10-15,18-27,35-38,45,60H,9,16-17,28-34H2,1-8H3. The van der Waals surface area contributed by atoms with Crippen molar-refractivity contribution >= 4 is 45.9 Å². The number of aryl methyl sites for hydroxylation is 8. The van der Waals surface area contributed by atoms with Crippen LogP contribution >= 0.6 is 0 Å². The minimum absolute atomic E-state index is 0.0295. The van der Waals surface area contributed by atoms with Crippen molar-refractivity contribution in [3.63, 3.8) is 0 Å². The number of ether oxygens (including phenoxy) is 3. The molecule has 6 aromatic rings. The van der Waals surface area contributed by atoms with Crippen LogP contribution in [0.4, 0.5) is 34.1 Å². The molecule has 65 heavy (non-hydrogen) atoms. The second-order valence-corrected chi connectivity index (χ2v) is 17.1. The van der Waals surface area contributed by atoms with Gasteiger partial charge in [0.05, 0.1) is 19.8 Å². The van der Waals surface area contributed by atoms with Crippen LogP contribution in [0.3, 0.4) is 0 Å². The zero-order valence-corrected chi connectivity index (χ0v) is 39.6. The van der Waals surface area contributed by atoms with E-state index in [1.807, 2.05) is 0 Å². The monoisotopic (exact) mass is 874 g/mol. The van der Waals surface area contributed by atoms with Crippen molar-refractivity contribution in [1.82, 2.24) is 0 Å². The Morgan fingerprint density at radius 2 is 1.00 bits per heavy atom. The SMILES string of the molecule is CCCOCCOC(=O)CCc1ccc(N(c2ccc(C)c(C)c2)c2ccc(-c3ccc(N(c4ccc(CCC(=O)C(C)OCCO)cc4)c4ccc(C)c(C)c4)c(C)c3)cc2C)cc1. The number of rotatable bonds is 22. The lowest BCUT2D eigenvalue weighted by Crippen LogP contribution is -2.22. The van der Waals surface area contributed by atoms with Gasteiger partial charge >= 0.3 is 5.97 Å². The molecule has 1 N–H and O–H groups in total. The van der Waals surface area contributed by atoms with Gasteiger partial charge in [0, 0.05) is 53.6 Å². The molecule has 1 unspecified atom stereocenters. The number of nitrogens with zero attached hydrogens (tertiary/aromatic N) is 2. The average Bonchev–Trinajstić information content (AvgIpc) is 3.30. The Morgan fingerprint density at radius 1 is 0.523 bits per heavy atom. The first-order valence-corrected chi connectivity index (χ1v) is 23.0. The largest absolute Gasteiger partial charge is 0.463 e. The number of benzene rings is 6. The molecular formula is C57H66N2O6. The molecule has 340 valence electrons. The van der Waals surface area contributed by atoms with Gasteiger partial charge in [-0.25, -0.2) is 0 Å². The van der Waals surface area contributed by atoms with Gasteiger partial charge in [0.25, 0.3) is 0 Å². The highest BCUT2D eigenvalue weighted by Crippen LogP contribution is 2.41. The maximum atomic E-state index is 12.7. The lowest BCUT2D eigenvalue weighted by Gasteiger charge is -2.29. The lowest BCUT2D eigenvalue weighted by molar-refractivity contribution is -0.145. The fraction of sp³-hybridized carbons (Fsp3) is 0.333. The number of hydrogen-bond donors (Lipinski definition) is 1. The predicted octanol–water partition coefficient (Wildman–Crippen LogP) is 12.9. The number of aliphatic hydroxyl groups is 1. The summed E-state index contributed by atoms with van der Waals surface area (Å²) in [4.78, 5) is 29.7. The highest BCUT2D eigenvalue weighted by Gasteiger charge is 2.20. The Balaban J connectivity index is 1.25. The van der Waals surface area contributed by atoms with E-state index in [0.29, 0.717) is 38.9 Å². The van der Waals surface area contributed by atoms with Crippen molar-refractivity contribution in [3.8, 4) is 11.1 Å². The maximum absolute atomic E-state index is 12.7. The molecule has 0 aliphatic carbocycles. The summed E-state index contributed by atoms with van der Waals surface area (Å²) >= 11 is 0. The summed E-state index contributed by atoms with van der Waals surface area (Å²) in [5, 5.41) is 9.07. The number of ketones is 1. The summed E-state index contributed by atoms with van der Waals surface area (Å²) in [6.07, 6.45) is 2.33. The van der Waals surface area contributed by atoms with Gasteiger partial charge in [-0.3, -0.25) is 9.59 Å². The highest BCUT2D eigenvalue weighted by atomic mass is 16.6. The molecule has 6 aromatic carbocycles. The summed E-state index contributed by atoms with van der Waals surface area (Å²) in [6.45, 7) is 18.2. The molecule has 8 heteroatoms. The third-order valence-corrected chi connectivity index (χ3v) is 12.1. The summed E-state index contributed by atoms with van der Waals surface area (Å²) in [7, 11) is 0. The number of aliphatic hydroxyl groups excluding tert-OH is 1. The van der Waals surface area contributed by atoms with Gasteiger partial charge in [0.2, 0.25) is 0 Å². The van der Waals surface area contributed by atoms with Crippen LogP contribution < -0.4 is 9.80 Å². The van der Waals surface area contributed by atoms with Crippen molar-refractivity contribution in [3.05, 3.63) is 166 Å². The number of carbonyl (C=O) groups excluding carboxylic acids is 2. The Bertz CT molecular complexity index is 2530. The molecule has 1 atom stereocenters. The van der Waals surface area contributed by atoms with Gasteiger partial charge in [-0.15, -0.1) is 0 Å². The smallest absolute Gasteiger partial charge is 0.306 e. The van der Waals surface area contributed by atoms with E-state index in [2.05, 4.69) is 180 Å². The number of esters is 1. The Kier molecular flexibility index (Phi) is 17.3. The zero-order valence-electron chi connectivity index (χ0n) is 39.6. The first kappa shape index (κ1) is 48.4. The Hall–Kier alpha value is -6.06. The van der Waals surface area contributed by atoms with E-state index in [1.165, 1.54) is 22.3 Å². The molecular weight excluding hydrogens is 809 g/mol. The number of Topliss-reactive ketones (excluding diaryl/α,β-unsaturated/α-hetero) is 1. The quantitative estimate of drug-likeness (QED) is 0.0533. The molecule has 0 aliphatic rings. The van der Waals surface area contributed by atoms with Gasteiger partial charge < -0.3 is 29.1 Å². The van der Waals surface area contributed by atoms with E-state index in [-0.39, 0.29) is 31.6 Å². The van der Waals surface area contributed by atoms with E-state index >= 15 is 0 Å². The molecule has 0 heterocycles. The summed E-state index contributed by atoms with van der Waals surface area (Å²) in [5.41, 5.74) is 18.0. The first-order chi connectivity index (χ1) is 31.4. The number of hydrogen-bond acceptors (Lipinski definition) is 8. The van der Waals surface area contributed by atoms with Crippen molar-refractivity contribution in [2.45, 2.75) is 93.6 Å². The van der Waals surface area contributed by atoms with Gasteiger partial charge in [0.1, 0.15) is 12.7 Å². The summed E-state index contributed by atoms with van der Waals surface area (Å²) in [6, 6.07) is 43.5. The summed E-state index contributed by atoms with van der Waals surface area (Å²) < 4.78 is 16.2. The van der Waals surface area contributed by atoms with E-state index < -0.39 is 6.10 Å². The van der Waals surface area contributed by atoms with Crippen molar-refractivity contribution < 1.29 is 28.9 Å². The van der Waals surface area contributed by atoms with Crippen molar-refractivity contribution in [2.75, 3.05) is 42.8 Å². The molecule has 0 bridgehead atoms. The van der Waals surface area contributed by atoms with Crippen LogP contribution in [-0.4, -0.2) is 56.0 Å². The normalized spacial score (nSPS) is 11.6. The third kappa shape index (κ3) is 12.8. The molecule has 0 aliphatic heterocycles.